The lowest BCUT2D eigenvalue weighted by Gasteiger charge is -2.28. The second-order valence-corrected chi connectivity index (χ2v) is 13.2. The van der Waals surface area contributed by atoms with Crippen LogP contribution in [0.1, 0.15) is 30.5 Å². The van der Waals surface area contributed by atoms with E-state index in [-0.39, 0.29) is 17.0 Å². The molecule has 0 radical (unpaired) electrons. The van der Waals surface area contributed by atoms with Crippen molar-refractivity contribution in [1.82, 2.24) is 0 Å². The molecule has 0 heterocycles. The van der Waals surface area contributed by atoms with Crippen molar-refractivity contribution in [2.45, 2.75) is 19.3 Å². The van der Waals surface area contributed by atoms with Crippen LogP contribution in [0.5, 0.6) is 0 Å². The Morgan fingerprint density at radius 1 is 0.529 bits per heavy atom. The van der Waals surface area contributed by atoms with Crippen molar-refractivity contribution in [1.29, 1.82) is 5.26 Å². The van der Waals surface area contributed by atoms with Gasteiger partial charge < -0.3 is 9.80 Å². The molecule has 0 saturated carbocycles. The molecule has 1 aliphatic carbocycles. The molecule has 7 aromatic rings. The van der Waals surface area contributed by atoms with Crippen molar-refractivity contribution in [3.05, 3.63) is 185 Å². The van der Waals surface area contributed by atoms with E-state index in [1.54, 1.807) is 48.5 Å². The summed E-state index contributed by atoms with van der Waals surface area (Å²) in [5.41, 5.74) is 10.7. The Morgan fingerprint density at radius 2 is 1.00 bits per heavy atom. The molecule has 0 saturated heterocycles. The minimum atomic E-state index is -0.336. The fraction of sp³-hybridized carbons (Fsp3) is 0.0667. The molecule has 6 heteroatoms. The fourth-order valence-electron chi connectivity index (χ4n) is 7.17. The van der Waals surface area contributed by atoms with Crippen LogP contribution in [0.25, 0.3) is 26.7 Å². The molecule has 51 heavy (non-hydrogen) atoms. The first-order valence-corrected chi connectivity index (χ1v) is 16.6. The van der Waals surface area contributed by atoms with E-state index < -0.39 is 0 Å². The number of halogens is 2. The summed E-state index contributed by atoms with van der Waals surface area (Å²) >= 11 is 0. The minimum Gasteiger partial charge on any atom is -0.311 e. The van der Waals surface area contributed by atoms with Crippen LogP contribution in [0.2, 0.25) is 0 Å². The maximum Gasteiger partial charge on any atom is 0.187 e. The molecule has 0 N–H and O–H groups in total. The van der Waals surface area contributed by atoms with Gasteiger partial charge in [0.05, 0.1) is 18.2 Å². The van der Waals surface area contributed by atoms with Crippen LogP contribution >= 0.6 is 0 Å². The normalized spacial score (nSPS) is 12.4. The summed E-state index contributed by atoms with van der Waals surface area (Å²) in [5.74, 6) is -0.614. The number of hydrogen-bond donors (Lipinski definition) is 0. The highest BCUT2D eigenvalue weighted by Crippen LogP contribution is 2.52. The lowest BCUT2D eigenvalue weighted by Crippen LogP contribution is -2.16. The molecule has 1 aliphatic rings. The number of nitriles is 1. The third kappa shape index (κ3) is 5.54. The molecular weight excluding hydrogens is 635 g/mol. The largest absolute Gasteiger partial charge is 0.311 e. The molecule has 0 aliphatic heterocycles. The molecule has 0 aromatic heterocycles. The lowest BCUT2D eigenvalue weighted by molar-refractivity contribution is 0.627. The van der Waals surface area contributed by atoms with Gasteiger partial charge in [-0.2, -0.15) is 5.26 Å². The van der Waals surface area contributed by atoms with E-state index in [9.17, 15) is 14.0 Å². The molecule has 0 unspecified atom stereocenters. The van der Waals surface area contributed by atoms with Gasteiger partial charge in [0.15, 0.2) is 5.69 Å². The van der Waals surface area contributed by atoms with Gasteiger partial charge >= 0.3 is 0 Å². The lowest BCUT2D eigenvalue weighted by atomic mass is 9.81. The maximum absolute atomic E-state index is 14.0. The number of nitrogens with zero attached hydrogens (tertiary/aromatic N) is 4. The molecule has 0 fully saturated rings. The zero-order chi connectivity index (χ0) is 35.3. The third-order valence-electron chi connectivity index (χ3n) is 9.78. The molecule has 4 nitrogen and oxygen atoms in total. The summed E-state index contributed by atoms with van der Waals surface area (Å²) in [6, 6.07) is 47.2. The van der Waals surface area contributed by atoms with Crippen LogP contribution < -0.4 is 9.80 Å². The Bertz CT molecular complexity index is 2530. The van der Waals surface area contributed by atoms with Crippen LogP contribution in [0.15, 0.2) is 146 Å². The summed E-state index contributed by atoms with van der Waals surface area (Å²) in [5, 5.41) is 11.5. The molecule has 7 aromatic carbocycles. The topological polar surface area (TPSA) is 34.6 Å². The molecule has 0 bridgehead atoms. The van der Waals surface area contributed by atoms with Gasteiger partial charge in [-0.1, -0.05) is 38.1 Å². The minimum absolute atomic E-state index is 0.305. The number of hydrogen-bond acceptors (Lipinski definition) is 3. The highest BCUT2D eigenvalue weighted by atomic mass is 19.1. The van der Waals surface area contributed by atoms with Crippen molar-refractivity contribution in [3.63, 3.8) is 0 Å². The van der Waals surface area contributed by atoms with Crippen LogP contribution in [-0.2, 0) is 5.41 Å². The SMILES string of the molecule is [C-]#[N+]c1ccc(N(c2ccc(F)cc2)c2ccc3c(c2)C(C)(C)c2cc4cc(N(c5ccc(F)cc5)c5ccc(C#N)cc5)ccc4cc2-3)cc1. The first-order valence-electron chi connectivity index (χ1n) is 16.6. The highest BCUT2D eigenvalue weighted by molar-refractivity contribution is 5.97. The summed E-state index contributed by atoms with van der Waals surface area (Å²) in [4.78, 5) is 7.70. The predicted molar refractivity (Wildman–Crippen MR) is 202 cm³/mol. The highest BCUT2D eigenvalue weighted by Gasteiger charge is 2.36. The molecule has 0 spiro atoms. The van der Waals surface area contributed by atoms with Crippen molar-refractivity contribution < 1.29 is 8.78 Å². The van der Waals surface area contributed by atoms with E-state index in [1.165, 1.54) is 41.0 Å². The molecular formula is C45H30F2N4. The quantitative estimate of drug-likeness (QED) is 0.166. The Labute approximate surface area is 295 Å². The summed E-state index contributed by atoms with van der Waals surface area (Å²) < 4.78 is 28.0. The molecule has 244 valence electrons. The number of benzene rings is 7. The van der Waals surface area contributed by atoms with Gasteiger partial charge in [0.1, 0.15) is 11.6 Å². The van der Waals surface area contributed by atoms with Gasteiger partial charge in [-0.25, -0.2) is 13.6 Å². The molecule has 0 atom stereocenters. The number of anilines is 6. The zero-order valence-electron chi connectivity index (χ0n) is 27.9. The van der Waals surface area contributed by atoms with Gasteiger partial charge in [0, 0.05) is 39.5 Å². The monoisotopic (exact) mass is 664 g/mol. The van der Waals surface area contributed by atoms with Crippen molar-refractivity contribution in [3.8, 4) is 17.2 Å². The van der Waals surface area contributed by atoms with E-state index in [1.807, 2.05) is 24.3 Å². The Morgan fingerprint density at radius 3 is 1.55 bits per heavy atom. The second-order valence-electron chi connectivity index (χ2n) is 13.2. The summed E-state index contributed by atoms with van der Waals surface area (Å²) in [6.45, 7) is 11.9. The molecule has 0 amide bonds. The van der Waals surface area contributed by atoms with Crippen molar-refractivity contribution in [2.75, 3.05) is 9.80 Å². The van der Waals surface area contributed by atoms with Gasteiger partial charge in [-0.05, 0) is 154 Å². The van der Waals surface area contributed by atoms with E-state index in [0.29, 0.717) is 11.3 Å². The third-order valence-corrected chi connectivity index (χ3v) is 9.78. The van der Waals surface area contributed by atoms with E-state index in [4.69, 9.17) is 6.57 Å². The second kappa shape index (κ2) is 12.3. The van der Waals surface area contributed by atoms with Crippen LogP contribution in [0.4, 0.5) is 48.6 Å². The molecule has 8 rings (SSSR count). The zero-order valence-corrected chi connectivity index (χ0v) is 27.9. The van der Waals surface area contributed by atoms with Gasteiger partial charge in [0.25, 0.3) is 0 Å². The van der Waals surface area contributed by atoms with Gasteiger partial charge in [-0.3, -0.25) is 0 Å². The average molecular weight is 665 g/mol. The summed E-state index contributed by atoms with van der Waals surface area (Å²) in [6.07, 6.45) is 0. The Kier molecular flexibility index (Phi) is 7.59. The van der Waals surface area contributed by atoms with Crippen LogP contribution in [-0.4, -0.2) is 0 Å². The summed E-state index contributed by atoms with van der Waals surface area (Å²) in [7, 11) is 0. The maximum atomic E-state index is 14.0. The average Bonchev–Trinajstić information content (AvgIpc) is 3.37. The number of fused-ring (bicyclic) bond motifs is 4. The Balaban J connectivity index is 1.22. The standard InChI is InChI=1S/C45H30F2N4/c1-45(2)43-26-31-24-39(50(36-16-7-32(46)8-17-36)35-13-4-29(28-48)5-14-35)15-6-30(31)25-42(43)41-23-22-40(27-44(41)45)51(37-18-9-33(47)10-19-37)38-20-11-34(49-3)12-21-38/h4-27H,1-2H3. The van der Waals surface area contributed by atoms with Gasteiger partial charge in [0.2, 0.25) is 0 Å². The smallest absolute Gasteiger partial charge is 0.187 e. The Hall–Kier alpha value is -6.76. The van der Waals surface area contributed by atoms with Crippen LogP contribution in [0, 0.1) is 29.5 Å². The van der Waals surface area contributed by atoms with Gasteiger partial charge in [-0.15, -0.1) is 0 Å². The predicted octanol–water partition coefficient (Wildman–Crippen LogP) is 12.8. The van der Waals surface area contributed by atoms with Crippen molar-refractivity contribution in [2.24, 2.45) is 0 Å². The van der Waals surface area contributed by atoms with E-state index in [2.05, 4.69) is 83.1 Å². The first-order chi connectivity index (χ1) is 24.7. The fourth-order valence-corrected chi connectivity index (χ4v) is 7.17. The number of rotatable bonds is 6. The van der Waals surface area contributed by atoms with Crippen molar-refractivity contribution >= 4 is 50.6 Å². The van der Waals surface area contributed by atoms with E-state index in [0.717, 1.165) is 50.5 Å². The van der Waals surface area contributed by atoms with Crippen LogP contribution in [0.3, 0.4) is 0 Å². The first kappa shape index (κ1) is 31.5. The van der Waals surface area contributed by atoms with E-state index >= 15 is 0 Å².